The summed E-state index contributed by atoms with van der Waals surface area (Å²) in [6.07, 6.45) is 1.62. The molecule has 0 bridgehead atoms. The normalized spacial score (nSPS) is 15.7. The van der Waals surface area contributed by atoms with Gasteiger partial charge in [-0.2, -0.15) is 5.26 Å². The molecule has 0 spiro atoms. The van der Waals surface area contributed by atoms with E-state index >= 15 is 0 Å². The van der Waals surface area contributed by atoms with Crippen molar-refractivity contribution in [1.82, 2.24) is 4.90 Å². The Morgan fingerprint density at radius 3 is 3.13 bits per heavy atom. The molecule has 2 rings (SSSR count). The van der Waals surface area contributed by atoms with Gasteiger partial charge in [0.1, 0.15) is 0 Å². The smallest absolute Gasteiger partial charge is 0.0635 e. The van der Waals surface area contributed by atoms with Crippen LogP contribution in [0.5, 0.6) is 0 Å². The number of nitrogens with two attached hydrogens (primary N) is 1. The van der Waals surface area contributed by atoms with Gasteiger partial charge in [-0.05, 0) is 23.6 Å². The SMILES string of the molecule is N#CCCN1CCc2c(N)cccc2C1. The Morgan fingerprint density at radius 1 is 1.47 bits per heavy atom. The zero-order valence-electron chi connectivity index (χ0n) is 8.74. The van der Waals surface area contributed by atoms with Crippen molar-refractivity contribution >= 4 is 5.69 Å². The van der Waals surface area contributed by atoms with E-state index in [2.05, 4.69) is 17.0 Å². The molecule has 2 N–H and O–H groups in total. The van der Waals surface area contributed by atoms with Crippen LogP contribution in [0.4, 0.5) is 5.69 Å². The zero-order chi connectivity index (χ0) is 10.7. The van der Waals surface area contributed by atoms with Crippen LogP contribution < -0.4 is 5.73 Å². The van der Waals surface area contributed by atoms with Gasteiger partial charge in [0.05, 0.1) is 6.07 Å². The van der Waals surface area contributed by atoms with Crippen molar-refractivity contribution in [1.29, 1.82) is 5.26 Å². The third-order valence-corrected chi connectivity index (χ3v) is 2.92. The highest BCUT2D eigenvalue weighted by atomic mass is 15.1. The van der Waals surface area contributed by atoms with Gasteiger partial charge in [-0.1, -0.05) is 12.1 Å². The van der Waals surface area contributed by atoms with Crippen LogP contribution in [0.25, 0.3) is 0 Å². The third-order valence-electron chi connectivity index (χ3n) is 2.92. The summed E-state index contributed by atoms with van der Waals surface area (Å²) in [5.41, 5.74) is 9.44. The number of nitrogen functional groups attached to an aromatic ring is 1. The molecule has 78 valence electrons. The molecule has 0 atom stereocenters. The predicted octanol–water partition coefficient (Wildman–Crippen LogP) is 1.54. The lowest BCUT2D eigenvalue weighted by molar-refractivity contribution is 0.260. The zero-order valence-corrected chi connectivity index (χ0v) is 8.74. The molecule has 0 saturated heterocycles. The molecule has 15 heavy (non-hydrogen) atoms. The first-order valence-corrected chi connectivity index (χ1v) is 5.27. The molecule has 0 unspecified atom stereocenters. The van der Waals surface area contributed by atoms with E-state index in [9.17, 15) is 0 Å². The van der Waals surface area contributed by atoms with Crippen LogP contribution in [0.15, 0.2) is 18.2 Å². The number of benzene rings is 1. The van der Waals surface area contributed by atoms with Crippen LogP contribution >= 0.6 is 0 Å². The summed E-state index contributed by atoms with van der Waals surface area (Å²) in [6, 6.07) is 8.28. The molecule has 0 amide bonds. The molecule has 3 heteroatoms. The summed E-state index contributed by atoms with van der Waals surface area (Å²) in [7, 11) is 0. The molecule has 0 aliphatic carbocycles. The molecule has 0 fully saturated rings. The van der Waals surface area contributed by atoms with Crippen LogP contribution in [0.1, 0.15) is 17.5 Å². The molecule has 1 aliphatic heterocycles. The van der Waals surface area contributed by atoms with Gasteiger partial charge in [0.15, 0.2) is 0 Å². The minimum atomic E-state index is 0.609. The van der Waals surface area contributed by atoms with Gasteiger partial charge >= 0.3 is 0 Å². The number of rotatable bonds is 2. The van der Waals surface area contributed by atoms with Crippen molar-refractivity contribution in [3.63, 3.8) is 0 Å². The predicted molar refractivity (Wildman–Crippen MR) is 60.1 cm³/mol. The Morgan fingerprint density at radius 2 is 2.33 bits per heavy atom. The largest absolute Gasteiger partial charge is 0.398 e. The number of nitrogens with zero attached hydrogens (tertiary/aromatic N) is 2. The fourth-order valence-corrected chi connectivity index (χ4v) is 2.10. The van der Waals surface area contributed by atoms with Crippen molar-refractivity contribution in [2.45, 2.75) is 19.4 Å². The Bertz CT molecular complexity index is 392. The second-order valence-corrected chi connectivity index (χ2v) is 3.92. The number of nitriles is 1. The van der Waals surface area contributed by atoms with E-state index in [-0.39, 0.29) is 0 Å². The Hall–Kier alpha value is -1.53. The maximum Gasteiger partial charge on any atom is 0.0635 e. The second-order valence-electron chi connectivity index (χ2n) is 3.92. The van der Waals surface area contributed by atoms with Crippen LogP contribution in [-0.4, -0.2) is 18.0 Å². The molecular formula is C12H15N3. The minimum Gasteiger partial charge on any atom is -0.398 e. The lowest BCUT2D eigenvalue weighted by atomic mass is 9.98. The highest BCUT2D eigenvalue weighted by Crippen LogP contribution is 2.23. The fraction of sp³-hybridized carbons (Fsp3) is 0.417. The number of fused-ring (bicyclic) bond motifs is 1. The highest BCUT2D eigenvalue weighted by Gasteiger charge is 2.16. The molecule has 1 aromatic rings. The van der Waals surface area contributed by atoms with E-state index in [0.717, 1.165) is 31.7 Å². The molecule has 3 nitrogen and oxygen atoms in total. The summed E-state index contributed by atoms with van der Waals surface area (Å²) in [4.78, 5) is 2.31. The third kappa shape index (κ3) is 2.11. The first kappa shape index (κ1) is 10.0. The number of hydrogen-bond acceptors (Lipinski definition) is 3. The molecule has 0 saturated carbocycles. The van der Waals surface area contributed by atoms with Gasteiger partial charge in [-0.25, -0.2) is 0 Å². The summed E-state index contributed by atoms with van der Waals surface area (Å²) in [6.45, 7) is 2.82. The van der Waals surface area contributed by atoms with Crippen LogP contribution in [0.2, 0.25) is 0 Å². The van der Waals surface area contributed by atoms with Crippen LogP contribution in [0, 0.1) is 11.3 Å². The minimum absolute atomic E-state index is 0.609. The maximum absolute atomic E-state index is 8.54. The Balaban J connectivity index is 2.11. The van der Waals surface area contributed by atoms with E-state index in [4.69, 9.17) is 11.0 Å². The Kier molecular flexibility index (Phi) is 2.89. The quantitative estimate of drug-likeness (QED) is 0.738. The van der Waals surface area contributed by atoms with Gasteiger partial charge in [-0.3, -0.25) is 4.90 Å². The van der Waals surface area contributed by atoms with Crippen LogP contribution in [0.3, 0.4) is 0 Å². The Labute approximate surface area is 90.1 Å². The first-order valence-electron chi connectivity index (χ1n) is 5.27. The molecular weight excluding hydrogens is 186 g/mol. The van der Waals surface area contributed by atoms with Crippen molar-refractivity contribution in [2.75, 3.05) is 18.8 Å². The fourth-order valence-electron chi connectivity index (χ4n) is 2.10. The van der Waals surface area contributed by atoms with E-state index in [1.165, 1.54) is 11.1 Å². The summed E-state index contributed by atoms with van der Waals surface area (Å²) in [5, 5.41) is 8.54. The van der Waals surface area contributed by atoms with E-state index in [1.54, 1.807) is 0 Å². The van der Waals surface area contributed by atoms with Gasteiger partial charge < -0.3 is 5.73 Å². The van der Waals surface area contributed by atoms with Crippen molar-refractivity contribution in [3.05, 3.63) is 29.3 Å². The van der Waals surface area contributed by atoms with E-state index in [0.29, 0.717) is 6.42 Å². The molecule has 1 aliphatic rings. The van der Waals surface area contributed by atoms with Crippen molar-refractivity contribution in [3.8, 4) is 6.07 Å². The van der Waals surface area contributed by atoms with E-state index in [1.807, 2.05) is 12.1 Å². The van der Waals surface area contributed by atoms with Gasteiger partial charge in [-0.15, -0.1) is 0 Å². The highest BCUT2D eigenvalue weighted by molar-refractivity contribution is 5.51. The summed E-state index contributed by atoms with van der Waals surface area (Å²) in [5.74, 6) is 0. The monoisotopic (exact) mass is 201 g/mol. The molecule has 1 heterocycles. The van der Waals surface area contributed by atoms with Crippen molar-refractivity contribution < 1.29 is 0 Å². The maximum atomic E-state index is 8.54. The lowest BCUT2D eigenvalue weighted by Gasteiger charge is -2.28. The van der Waals surface area contributed by atoms with Crippen molar-refractivity contribution in [2.24, 2.45) is 0 Å². The van der Waals surface area contributed by atoms with Gasteiger partial charge in [0.2, 0.25) is 0 Å². The summed E-state index contributed by atoms with van der Waals surface area (Å²) < 4.78 is 0. The van der Waals surface area contributed by atoms with Gasteiger partial charge in [0, 0.05) is 31.7 Å². The topological polar surface area (TPSA) is 53.0 Å². The number of hydrogen-bond donors (Lipinski definition) is 1. The second kappa shape index (κ2) is 4.33. The molecule has 1 aromatic carbocycles. The standard InChI is InChI=1S/C12H15N3/c13-6-2-7-15-8-5-11-10(9-15)3-1-4-12(11)14/h1,3-4H,2,5,7-9,14H2. The van der Waals surface area contributed by atoms with Crippen LogP contribution in [-0.2, 0) is 13.0 Å². The van der Waals surface area contributed by atoms with E-state index < -0.39 is 0 Å². The average Bonchev–Trinajstić information content (AvgIpc) is 2.26. The first-order chi connectivity index (χ1) is 7.31. The number of anilines is 1. The van der Waals surface area contributed by atoms with Gasteiger partial charge in [0.25, 0.3) is 0 Å². The molecule has 0 aromatic heterocycles. The summed E-state index contributed by atoms with van der Waals surface area (Å²) >= 11 is 0. The molecule has 0 radical (unpaired) electrons. The average molecular weight is 201 g/mol. The lowest BCUT2D eigenvalue weighted by Crippen LogP contribution is -2.31.